The highest BCUT2D eigenvalue weighted by molar-refractivity contribution is 6.30. The first-order chi connectivity index (χ1) is 26.8. The Morgan fingerprint density at radius 2 is 1.67 bits per heavy atom. The summed E-state index contributed by atoms with van der Waals surface area (Å²) >= 11 is 6.02. The fourth-order valence-electron chi connectivity index (χ4n) is 7.68. The first-order valence-electron chi connectivity index (χ1n) is 19.6. The molecular formula is C43H51ClN4O7. The minimum Gasteiger partial charge on any atom is -0.434 e. The van der Waals surface area contributed by atoms with Gasteiger partial charge >= 0.3 is 6.09 Å². The molecule has 11 nitrogen and oxygen atoms in total. The molecule has 1 aliphatic heterocycles. The second kappa shape index (κ2) is 19.8. The maximum Gasteiger partial charge on any atom is 0.413 e. The van der Waals surface area contributed by atoms with Crippen molar-refractivity contribution in [1.29, 1.82) is 0 Å². The Kier molecular flexibility index (Phi) is 14.5. The number of Topliss-reactive ketones (excluding diaryl/α,β-unsaturated/α-hetero) is 2. The molecule has 0 unspecified atom stereocenters. The van der Waals surface area contributed by atoms with E-state index in [-0.39, 0.29) is 48.7 Å². The summed E-state index contributed by atoms with van der Waals surface area (Å²) in [5.41, 5.74) is 7.84. The number of carbonyl (C=O) groups is 4. The number of benzene rings is 3. The normalized spacial score (nSPS) is 18.5. The summed E-state index contributed by atoms with van der Waals surface area (Å²) in [6, 6.07) is 21.3. The van der Waals surface area contributed by atoms with Crippen molar-refractivity contribution in [2.75, 3.05) is 19.7 Å². The molecule has 4 atom stereocenters. The predicted molar refractivity (Wildman–Crippen MR) is 210 cm³/mol. The third-order valence-corrected chi connectivity index (χ3v) is 11.0. The third-order valence-electron chi connectivity index (χ3n) is 10.7. The van der Waals surface area contributed by atoms with Crippen LogP contribution < -0.4 is 15.8 Å². The number of hydrogen-bond acceptors (Lipinski definition) is 9. The van der Waals surface area contributed by atoms with Crippen LogP contribution in [0, 0.1) is 11.8 Å². The van der Waals surface area contributed by atoms with E-state index in [1.54, 1.807) is 41.3 Å². The average molecular weight is 771 g/mol. The molecule has 4 aromatic rings. The summed E-state index contributed by atoms with van der Waals surface area (Å²) in [5.74, 6) is -1.05. The van der Waals surface area contributed by atoms with Crippen molar-refractivity contribution in [2.24, 2.45) is 17.6 Å². The number of fused-ring (bicyclic) bond motifs is 1. The molecule has 0 radical (unpaired) electrons. The molecule has 0 bridgehead atoms. The third kappa shape index (κ3) is 11.2. The lowest BCUT2D eigenvalue weighted by Crippen LogP contribution is -2.52. The van der Waals surface area contributed by atoms with Gasteiger partial charge in [-0.05, 0) is 92.9 Å². The quantitative estimate of drug-likeness (QED) is 0.0765. The molecule has 12 heteroatoms. The number of amides is 2. The summed E-state index contributed by atoms with van der Waals surface area (Å²) in [7, 11) is 0. The number of unbranched alkanes of at least 4 members (excludes halogenated alkanes) is 1. The molecule has 2 amide bonds. The van der Waals surface area contributed by atoms with E-state index in [9.17, 15) is 19.2 Å². The maximum atomic E-state index is 14.6. The van der Waals surface area contributed by atoms with E-state index in [4.69, 9.17) is 31.2 Å². The lowest BCUT2D eigenvalue weighted by molar-refractivity contribution is -0.139. The summed E-state index contributed by atoms with van der Waals surface area (Å²) in [4.78, 5) is 62.2. The molecule has 55 heavy (non-hydrogen) atoms. The number of nitrogens with zero attached hydrogens (tertiary/aromatic N) is 2. The highest BCUT2D eigenvalue weighted by Gasteiger charge is 2.43. The van der Waals surface area contributed by atoms with E-state index in [1.165, 1.54) is 19.3 Å². The van der Waals surface area contributed by atoms with Gasteiger partial charge in [0.25, 0.3) is 5.89 Å². The monoisotopic (exact) mass is 770 g/mol. The summed E-state index contributed by atoms with van der Waals surface area (Å²) < 4.78 is 17.8. The number of nitrogens with two attached hydrogens (primary N) is 1. The number of aryl methyl sites for hydroxylation is 1. The van der Waals surface area contributed by atoms with Gasteiger partial charge in [0.15, 0.2) is 11.4 Å². The lowest BCUT2D eigenvalue weighted by atomic mass is 9.89. The zero-order valence-corrected chi connectivity index (χ0v) is 32.0. The van der Waals surface area contributed by atoms with Crippen molar-refractivity contribution >= 4 is 46.3 Å². The van der Waals surface area contributed by atoms with Crippen LogP contribution in [-0.2, 0) is 20.7 Å². The van der Waals surface area contributed by atoms with Crippen molar-refractivity contribution in [1.82, 2.24) is 15.2 Å². The second-order valence-electron chi connectivity index (χ2n) is 14.8. The number of oxazole rings is 1. The molecule has 1 saturated heterocycles. The number of carbonyl (C=O) groups excluding carboxylic acids is 4. The number of rotatable bonds is 18. The summed E-state index contributed by atoms with van der Waals surface area (Å²) in [6.45, 7) is 1.21. The number of nitrogens with one attached hydrogen (secondary N) is 1. The first-order valence-corrected chi connectivity index (χ1v) is 20.0. The highest BCUT2D eigenvalue weighted by atomic mass is 35.5. The molecule has 6 rings (SSSR count). The topological polar surface area (TPSA) is 154 Å². The van der Waals surface area contributed by atoms with Crippen molar-refractivity contribution in [3.8, 4) is 5.75 Å². The fraction of sp³-hybridized carbons (Fsp3) is 0.465. The van der Waals surface area contributed by atoms with E-state index < -0.39 is 30.0 Å². The van der Waals surface area contributed by atoms with E-state index in [1.807, 2.05) is 42.5 Å². The average Bonchev–Trinajstić information content (AvgIpc) is 3.85. The van der Waals surface area contributed by atoms with Gasteiger partial charge in [-0.1, -0.05) is 79.7 Å². The number of ketones is 2. The standard InChI is InChI=1S/C43H51ClN4O7/c44-32-19-21-33(22-20-32)54-43(52)47-36(23-18-29-11-3-1-4-12-29)42(51)48-27-34(53-28-30-13-5-2-6-14-30)26-37(48)38(49)25-31(15-9-10-24-45)40(50)41-46-35-16-7-8-17-39(35)55-41/h1,3-4,7-8,11-12,16-17,19-22,30-31,34,36-37H,2,5-6,9-10,13-15,18,23-28,45H2,(H,47,52)/t31-,34-,36-,37+/m1/s1. The Morgan fingerprint density at radius 3 is 2.42 bits per heavy atom. The molecule has 2 heterocycles. The zero-order chi connectivity index (χ0) is 38.6. The van der Waals surface area contributed by atoms with E-state index in [0.717, 1.165) is 18.4 Å². The van der Waals surface area contributed by atoms with Crippen molar-refractivity contribution in [3.63, 3.8) is 0 Å². The van der Waals surface area contributed by atoms with Crippen LogP contribution in [0.25, 0.3) is 11.1 Å². The van der Waals surface area contributed by atoms with Crippen LogP contribution in [0.3, 0.4) is 0 Å². The molecular weight excluding hydrogens is 720 g/mol. The van der Waals surface area contributed by atoms with Gasteiger partial charge in [-0.15, -0.1) is 0 Å². The molecule has 2 aliphatic rings. The summed E-state index contributed by atoms with van der Waals surface area (Å²) in [5, 5.41) is 3.28. The zero-order valence-electron chi connectivity index (χ0n) is 31.2. The SMILES string of the molecule is NCCCC[C@H](CC(=O)[C@@H]1C[C@@H](OCC2CCCCC2)CN1C(=O)[C@@H](CCc1ccccc1)NC(=O)Oc1ccc(Cl)cc1)C(=O)c1nc2ccccc2o1. The van der Waals surface area contributed by atoms with Crippen LogP contribution in [-0.4, -0.2) is 71.3 Å². The Hall–Kier alpha value is -4.58. The molecule has 292 valence electrons. The Balaban J connectivity index is 1.23. The van der Waals surface area contributed by atoms with Gasteiger partial charge < -0.3 is 29.8 Å². The number of halogens is 1. The Labute approximate surface area is 327 Å². The molecule has 3 aromatic carbocycles. The maximum absolute atomic E-state index is 14.6. The van der Waals surface area contributed by atoms with E-state index in [2.05, 4.69) is 10.3 Å². The van der Waals surface area contributed by atoms with E-state index in [0.29, 0.717) is 67.3 Å². The van der Waals surface area contributed by atoms with Crippen LogP contribution in [0.15, 0.2) is 83.3 Å². The van der Waals surface area contributed by atoms with Crippen LogP contribution in [0.2, 0.25) is 5.02 Å². The highest BCUT2D eigenvalue weighted by Crippen LogP contribution is 2.30. The van der Waals surface area contributed by atoms with Crippen LogP contribution >= 0.6 is 11.6 Å². The molecule has 1 aromatic heterocycles. The van der Waals surface area contributed by atoms with E-state index >= 15 is 0 Å². The molecule has 1 saturated carbocycles. The van der Waals surface area contributed by atoms with Gasteiger partial charge in [0, 0.05) is 36.9 Å². The lowest BCUT2D eigenvalue weighted by Gasteiger charge is -2.29. The minimum absolute atomic E-state index is 0.0378. The van der Waals surface area contributed by atoms with Gasteiger partial charge in [-0.2, -0.15) is 0 Å². The Morgan fingerprint density at radius 1 is 0.927 bits per heavy atom. The van der Waals surface area contributed by atoms with Crippen molar-refractivity contribution in [3.05, 3.63) is 95.3 Å². The van der Waals surface area contributed by atoms with Gasteiger partial charge in [-0.3, -0.25) is 14.4 Å². The van der Waals surface area contributed by atoms with Crippen molar-refractivity contribution in [2.45, 2.75) is 95.2 Å². The summed E-state index contributed by atoms with van der Waals surface area (Å²) in [6.07, 6.45) is 7.29. The number of likely N-dealkylation sites (tertiary alicyclic amines) is 1. The van der Waals surface area contributed by atoms with Crippen LogP contribution in [0.4, 0.5) is 4.79 Å². The first kappa shape index (κ1) is 40.1. The number of ether oxygens (including phenoxy) is 2. The second-order valence-corrected chi connectivity index (χ2v) is 15.2. The number of para-hydroxylation sites is 2. The minimum atomic E-state index is -1.01. The van der Waals surface area contributed by atoms with Crippen LogP contribution in [0.5, 0.6) is 5.75 Å². The number of aromatic nitrogens is 1. The van der Waals surface area contributed by atoms with Gasteiger partial charge in [0.2, 0.25) is 11.7 Å². The molecule has 0 spiro atoms. The van der Waals surface area contributed by atoms with Crippen molar-refractivity contribution < 1.29 is 33.1 Å². The smallest absolute Gasteiger partial charge is 0.413 e. The predicted octanol–water partition coefficient (Wildman–Crippen LogP) is 7.72. The van der Waals surface area contributed by atoms with Gasteiger partial charge in [-0.25, -0.2) is 9.78 Å². The molecule has 3 N–H and O–H groups in total. The van der Waals surface area contributed by atoms with Crippen LogP contribution in [0.1, 0.15) is 86.9 Å². The van der Waals surface area contributed by atoms with Gasteiger partial charge in [0.05, 0.1) is 12.1 Å². The Bertz CT molecular complexity index is 1850. The number of hydrogen-bond donors (Lipinski definition) is 2. The molecule has 1 aliphatic carbocycles. The largest absolute Gasteiger partial charge is 0.434 e. The van der Waals surface area contributed by atoms with Gasteiger partial charge in [0.1, 0.15) is 17.3 Å². The molecule has 2 fully saturated rings. The fourth-order valence-corrected chi connectivity index (χ4v) is 7.81.